The first-order chi connectivity index (χ1) is 16.7. The highest BCUT2D eigenvalue weighted by Crippen LogP contribution is 2.34. The van der Waals surface area contributed by atoms with E-state index in [2.05, 4.69) is 26.6 Å². The Morgan fingerprint density at radius 1 is 1.15 bits per heavy atom. The van der Waals surface area contributed by atoms with Crippen molar-refractivity contribution in [2.24, 2.45) is 0 Å². The van der Waals surface area contributed by atoms with Gasteiger partial charge in [-0.2, -0.15) is 0 Å². The summed E-state index contributed by atoms with van der Waals surface area (Å²) < 4.78 is 13.1. The van der Waals surface area contributed by atoms with E-state index in [1.165, 1.54) is 0 Å². The Labute approximate surface area is 196 Å². The lowest BCUT2D eigenvalue weighted by atomic mass is 10.1. The lowest BCUT2D eigenvalue weighted by Crippen LogP contribution is -2.36. The molecule has 1 saturated heterocycles. The number of carbonyl (C=O) groups excluding carboxylic acids is 1. The van der Waals surface area contributed by atoms with E-state index in [4.69, 9.17) is 14.5 Å². The molecule has 0 aliphatic carbocycles. The minimum Gasteiger partial charge on any atom is -0.495 e. The van der Waals surface area contributed by atoms with Crippen molar-refractivity contribution in [2.75, 3.05) is 48.9 Å². The van der Waals surface area contributed by atoms with Crippen LogP contribution >= 0.6 is 0 Å². The summed E-state index contributed by atoms with van der Waals surface area (Å²) in [6, 6.07) is 12.0. The molecule has 0 atom stereocenters. The zero-order valence-corrected chi connectivity index (χ0v) is 18.7. The maximum absolute atomic E-state index is 11.8. The largest absolute Gasteiger partial charge is 0.495 e. The fourth-order valence-corrected chi connectivity index (χ4v) is 4.49. The molecule has 1 fully saturated rings. The molecule has 2 aromatic heterocycles. The second-order valence-corrected chi connectivity index (χ2v) is 8.34. The number of nitrogens with zero attached hydrogens (tertiary/aromatic N) is 4. The van der Waals surface area contributed by atoms with Crippen molar-refractivity contribution in [1.82, 2.24) is 14.4 Å². The summed E-state index contributed by atoms with van der Waals surface area (Å²) in [7, 11) is 1.68. The molecule has 2 N–H and O–H groups in total. The molecule has 2 aliphatic heterocycles. The summed E-state index contributed by atoms with van der Waals surface area (Å²) in [6.07, 6.45) is 5.99. The lowest BCUT2D eigenvalue weighted by molar-refractivity contribution is -0.115. The van der Waals surface area contributed by atoms with Crippen LogP contribution in [0.15, 0.2) is 55.0 Å². The van der Waals surface area contributed by atoms with Crippen LogP contribution in [0.5, 0.6) is 5.75 Å². The van der Waals surface area contributed by atoms with Crippen molar-refractivity contribution in [3.05, 3.63) is 60.6 Å². The van der Waals surface area contributed by atoms with Crippen LogP contribution in [0.4, 0.5) is 22.9 Å². The van der Waals surface area contributed by atoms with Crippen LogP contribution in [0.1, 0.15) is 5.56 Å². The number of benzene rings is 2. The fourth-order valence-electron chi connectivity index (χ4n) is 4.49. The van der Waals surface area contributed by atoms with Crippen LogP contribution in [0.2, 0.25) is 0 Å². The molecule has 0 radical (unpaired) electrons. The van der Waals surface area contributed by atoms with Gasteiger partial charge in [0, 0.05) is 54.7 Å². The molecule has 2 aromatic carbocycles. The molecular weight excluding hydrogens is 432 g/mol. The minimum absolute atomic E-state index is 0.0157. The third kappa shape index (κ3) is 3.69. The van der Waals surface area contributed by atoms with Crippen LogP contribution in [0.25, 0.3) is 16.9 Å². The molecular formula is C25H24N6O3. The number of methoxy groups -OCH3 is 1. The number of nitrogens with one attached hydrogen (secondary N) is 2. The van der Waals surface area contributed by atoms with Crippen LogP contribution in [-0.2, 0) is 16.0 Å². The standard InChI is InChI=1S/C25H24N6O3/c1-33-22-14-18(4-5-21(22)30-8-10-34-11-9-30)27-24-25-26-6-7-31(25)15-20(29-24)16-2-3-17-13-23(32)28-19(17)12-16/h2-7,12,14-15H,8-11,13H2,1H3,(H,27,29)(H,28,32). The topological polar surface area (TPSA) is 93.0 Å². The second kappa shape index (κ2) is 8.35. The number of fused-ring (bicyclic) bond motifs is 2. The summed E-state index contributed by atoms with van der Waals surface area (Å²) in [5.41, 5.74) is 6.15. The van der Waals surface area contributed by atoms with Gasteiger partial charge in [-0.25, -0.2) is 9.97 Å². The maximum atomic E-state index is 11.8. The summed E-state index contributed by atoms with van der Waals surface area (Å²) in [6.45, 7) is 3.10. The maximum Gasteiger partial charge on any atom is 0.228 e. The van der Waals surface area contributed by atoms with Crippen molar-refractivity contribution in [2.45, 2.75) is 6.42 Å². The van der Waals surface area contributed by atoms with Gasteiger partial charge >= 0.3 is 0 Å². The van der Waals surface area contributed by atoms with Crippen LogP contribution in [0, 0.1) is 0 Å². The van der Waals surface area contributed by atoms with E-state index in [0.717, 1.165) is 58.4 Å². The lowest BCUT2D eigenvalue weighted by Gasteiger charge is -2.30. The molecule has 172 valence electrons. The van der Waals surface area contributed by atoms with Gasteiger partial charge in [0.15, 0.2) is 11.5 Å². The molecule has 0 spiro atoms. The Morgan fingerprint density at radius 2 is 2.03 bits per heavy atom. The zero-order valence-electron chi connectivity index (χ0n) is 18.7. The SMILES string of the molecule is COc1cc(Nc2nc(-c3ccc4c(c3)NC(=O)C4)cn3ccnc23)ccc1N1CCOCC1. The number of morpholine rings is 1. The van der Waals surface area contributed by atoms with E-state index in [-0.39, 0.29) is 5.91 Å². The molecule has 9 heteroatoms. The van der Waals surface area contributed by atoms with E-state index in [0.29, 0.717) is 25.5 Å². The number of carbonyl (C=O) groups is 1. The molecule has 0 unspecified atom stereocenters. The summed E-state index contributed by atoms with van der Waals surface area (Å²) in [5.74, 6) is 1.44. The predicted octanol–water partition coefficient (Wildman–Crippen LogP) is 3.48. The molecule has 4 heterocycles. The highest BCUT2D eigenvalue weighted by Gasteiger charge is 2.19. The fraction of sp³-hybridized carbons (Fsp3) is 0.240. The van der Waals surface area contributed by atoms with Crippen LogP contribution in [-0.4, -0.2) is 53.7 Å². The number of hydrogen-bond acceptors (Lipinski definition) is 7. The highest BCUT2D eigenvalue weighted by molar-refractivity contribution is 5.99. The first kappa shape index (κ1) is 20.5. The summed E-state index contributed by atoms with van der Waals surface area (Å²) in [4.78, 5) is 23.4. The van der Waals surface area contributed by atoms with Crippen molar-refractivity contribution in [1.29, 1.82) is 0 Å². The minimum atomic E-state index is 0.0157. The van der Waals surface area contributed by atoms with Gasteiger partial charge in [0.1, 0.15) is 5.75 Å². The van der Waals surface area contributed by atoms with E-state index < -0.39 is 0 Å². The first-order valence-electron chi connectivity index (χ1n) is 11.2. The number of aromatic nitrogens is 3. The van der Waals surface area contributed by atoms with E-state index >= 15 is 0 Å². The Kier molecular flexibility index (Phi) is 5.03. The van der Waals surface area contributed by atoms with Gasteiger partial charge in [0.05, 0.1) is 38.1 Å². The van der Waals surface area contributed by atoms with Crippen molar-refractivity contribution >= 4 is 34.4 Å². The van der Waals surface area contributed by atoms with E-state index in [1.807, 2.05) is 47.1 Å². The first-order valence-corrected chi connectivity index (χ1v) is 11.2. The zero-order chi connectivity index (χ0) is 23.1. The van der Waals surface area contributed by atoms with Gasteiger partial charge in [0.25, 0.3) is 0 Å². The molecule has 6 rings (SSSR count). The number of anilines is 4. The molecule has 4 aromatic rings. The van der Waals surface area contributed by atoms with Gasteiger partial charge in [-0.1, -0.05) is 12.1 Å². The average molecular weight is 457 g/mol. The van der Waals surface area contributed by atoms with Crippen molar-refractivity contribution in [3.63, 3.8) is 0 Å². The molecule has 0 saturated carbocycles. The highest BCUT2D eigenvalue weighted by atomic mass is 16.5. The van der Waals surface area contributed by atoms with Crippen molar-refractivity contribution in [3.8, 4) is 17.0 Å². The molecule has 34 heavy (non-hydrogen) atoms. The quantitative estimate of drug-likeness (QED) is 0.475. The van der Waals surface area contributed by atoms with E-state index in [9.17, 15) is 4.79 Å². The number of ether oxygens (including phenoxy) is 2. The van der Waals surface area contributed by atoms with Gasteiger partial charge in [-0.15, -0.1) is 0 Å². The number of amides is 1. The normalized spacial score (nSPS) is 15.3. The van der Waals surface area contributed by atoms with Gasteiger partial charge in [0.2, 0.25) is 5.91 Å². The molecule has 9 nitrogen and oxygen atoms in total. The summed E-state index contributed by atoms with van der Waals surface area (Å²) >= 11 is 0. The molecule has 0 bridgehead atoms. The smallest absolute Gasteiger partial charge is 0.228 e. The average Bonchev–Trinajstić information content (AvgIpc) is 3.49. The Bertz CT molecular complexity index is 1390. The van der Waals surface area contributed by atoms with Crippen LogP contribution in [0.3, 0.4) is 0 Å². The Hall–Kier alpha value is -4.11. The van der Waals surface area contributed by atoms with Crippen LogP contribution < -0.4 is 20.3 Å². The second-order valence-electron chi connectivity index (χ2n) is 8.34. The third-order valence-electron chi connectivity index (χ3n) is 6.20. The van der Waals surface area contributed by atoms with Crippen molar-refractivity contribution < 1.29 is 14.3 Å². The third-order valence-corrected chi connectivity index (χ3v) is 6.20. The Morgan fingerprint density at radius 3 is 2.88 bits per heavy atom. The molecule has 2 aliphatic rings. The van der Waals surface area contributed by atoms with Gasteiger partial charge in [-0.05, 0) is 23.8 Å². The van der Waals surface area contributed by atoms with Gasteiger partial charge in [-0.3, -0.25) is 4.79 Å². The predicted molar refractivity (Wildman–Crippen MR) is 130 cm³/mol. The summed E-state index contributed by atoms with van der Waals surface area (Å²) in [5, 5.41) is 6.33. The number of imidazole rings is 1. The Balaban J connectivity index is 1.35. The van der Waals surface area contributed by atoms with E-state index in [1.54, 1.807) is 13.3 Å². The number of hydrogen-bond donors (Lipinski definition) is 2. The monoisotopic (exact) mass is 456 g/mol. The molecule has 1 amide bonds. The van der Waals surface area contributed by atoms with Gasteiger partial charge < -0.3 is 29.4 Å². The number of rotatable bonds is 5.